The molecule has 140 valence electrons. The zero-order valence-electron chi connectivity index (χ0n) is 15.2. The number of benzene rings is 1. The van der Waals surface area contributed by atoms with Crippen LogP contribution in [0.5, 0.6) is 0 Å². The maximum absolute atomic E-state index is 12.3. The SMILES string of the molecule is CCCCc1ccc(-c2csc(NC(=O)c3cc(C)on3)c2C(N)=O)cc1. The highest BCUT2D eigenvalue weighted by atomic mass is 32.1. The van der Waals surface area contributed by atoms with Gasteiger partial charge in [-0.05, 0) is 30.9 Å². The Balaban J connectivity index is 1.87. The number of primary amides is 1. The van der Waals surface area contributed by atoms with Gasteiger partial charge >= 0.3 is 0 Å². The minimum atomic E-state index is -0.590. The van der Waals surface area contributed by atoms with E-state index in [-0.39, 0.29) is 5.69 Å². The molecule has 1 aromatic carbocycles. The largest absolute Gasteiger partial charge is 0.365 e. The van der Waals surface area contributed by atoms with E-state index in [1.807, 2.05) is 17.5 Å². The smallest absolute Gasteiger partial charge is 0.278 e. The second kappa shape index (κ2) is 8.18. The number of aromatic nitrogens is 1. The van der Waals surface area contributed by atoms with Crippen LogP contribution in [-0.2, 0) is 6.42 Å². The molecule has 2 heterocycles. The summed E-state index contributed by atoms with van der Waals surface area (Å²) < 4.78 is 4.92. The number of carbonyl (C=O) groups excluding carboxylic acids is 2. The molecule has 3 N–H and O–H groups in total. The van der Waals surface area contributed by atoms with E-state index in [4.69, 9.17) is 10.3 Å². The van der Waals surface area contributed by atoms with Gasteiger partial charge in [-0.15, -0.1) is 11.3 Å². The van der Waals surface area contributed by atoms with E-state index >= 15 is 0 Å². The number of anilines is 1. The van der Waals surface area contributed by atoms with Crippen LogP contribution in [-0.4, -0.2) is 17.0 Å². The van der Waals surface area contributed by atoms with Crippen molar-refractivity contribution in [3.63, 3.8) is 0 Å². The van der Waals surface area contributed by atoms with Crippen LogP contribution in [0.3, 0.4) is 0 Å². The van der Waals surface area contributed by atoms with Gasteiger partial charge in [0.05, 0.1) is 5.56 Å². The van der Waals surface area contributed by atoms with Gasteiger partial charge in [0.2, 0.25) is 0 Å². The van der Waals surface area contributed by atoms with Crippen LogP contribution in [0.15, 0.2) is 40.2 Å². The number of nitrogens with zero attached hydrogens (tertiary/aromatic N) is 1. The van der Waals surface area contributed by atoms with Gasteiger partial charge in [0.15, 0.2) is 5.69 Å². The number of hydrogen-bond donors (Lipinski definition) is 2. The molecular weight excluding hydrogens is 362 g/mol. The fourth-order valence-corrected chi connectivity index (χ4v) is 3.75. The third-order valence-electron chi connectivity index (χ3n) is 4.21. The summed E-state index contributed by atoms with van der Waals surface area (Å²) in [6.45, 7) is 3.86. The number of amides is 2. The third kappa shape index (κ3) is 4.25. The van der Waals surface area contributed by atoms with Crippen LogP contribution < -0.4 is 11.1 Å². The Kier molecular flexibility index (Phi) is 5.71. The summed E-state index contributed by atoms with van der Waals surface area (Å²) in [6, 6.07) is 9.61. The van der Waals surface area contributed by atoms with Crippen molar-refractivity contribution in [2.24, 2.45) is 5.73 Å². The molecule has 3 rings (SSSR count). The lowest BCUT2D eigenvalue weighted by atomic mass is 10.0. The van der Waals surface area contributed by atoms with Gasteiger partial charge in [-0.25, -0.2) is 0 Å². The van der Waals surface area contributed by atoms with Gasteiger partial charge in [-0.3, -0.25) is 9.59 Å². The number of aryl methyl sites for hydroxylation is 2. The first-order valence-electron chi connectivity index (χ1n) is 8.75. The first-order chi connectivity index (χ1) is 13.0. The fourth-order valence-electron chi connectivity index (χ4n) is 2.78. The first-order valence-corrected chi connectivity index (χ1v) is 9.62. The van der Waals surface area contributed by atoms with Gasteiger partial charge in [0, 0.05) is 17.0 Å². The van der Waals surface area contributed by atoms with Crippen molar-refractivity contribution in [3.05, 3.63) is 58.3 Å². The molecule has 0 spiro atoms. The maximum Gasteiger partial charge on any atom is 0.278 e. The van der Waals surface area contributed by atoms with Crippen molar-refractivity contribution >= 4 is 28.2 Å². The molecule has 27 heavy (non-hydrogen) atoms. The summed E-state index contributed by atoms with van der Waals surface area (Å²) in [5.41, 5.74) is 8.90. The summed E-state index contributed by atoms with van der Waals surface area (Å²) in [7, 11) is 0. The Bertz CT molecular complexity index is 957. The molecular formula is C20H21N3O3S. The van der Waals surface area contributed by atoms with Crippen molar-refractivity contribution in [2.75, 3.05) is 5.32 Å². The molecule has 2 aromatic heterocycles. The minimum Gasteiger partial charge on any atom is -0.365 e. The highest BCUT2D eigenvalue weighted by Gasteiger charge is 2.21. The van der Waals surface area contributed by atoms with Crippen molar-refractivity contribution in [1.29, 1.82) is 0 Å². The van der Waals surface area contributed by atoms with E-state index in [9.17, 15) is 9.59 Å². The highest BCUT2D eigenvalue weighted by Crippen LogP contribution is 2.35. The van der Waals surface area contributed by atoms with Gasteiger partial charge in [0.1, 0.15) is 10.8 Å². The maximum atomic E-state index is 12.3. The number of hydrogen-bond acceptors (Lipinski definition) is 5. The van der Waals surface area contributed by atoms with Gasteiger partial charge in [-0.2, -0.15) is 0 Å². The average molecular weight is 383 g/mol. The van der Waals surface area contributed by atoms with Gasteiger partial charge < -0.3 is 15.6 Å². The predicted molar refractivity (Wildman–Crippen MR) is 106 cm³/mol. The Morgan fingerprint density at radius 3 is 2.59 bits per heavy atom. The summed E-state index contributed by atoms with van der Waals surface area (Å²) in [5.74, 6) is -0.504. The van der Waals surface area contributed by atoms with Crippen molar-refractivity contribution in [3.8, 4) is 11.1 Å². The lowest BCUT2D eigenvalue weighted by Gasteiger charge is -2.06. The summed E-state index contributed by atoms with van der Waals surface area (Å²) in [6.07, 6.45) is 3.32. The third-order valence-corrected chi connectivity index (χ3v) is 5.10. The highest BCUT2D eigenvalue weighted by molar-refractivity contribution is 7.15. The van der Waals surface area contributed by atoms with Crippen LogP contribution in [0.4, 0.5) is 5.00 Å². The molecule has 0 aliphatic heterocycles. The van der Waals surface area contributed by atoms with E-state index in [1.165, 1.54) is 23.0 Å². The van der Waals surface area contributed by atoms with E-state index in [2.05, 4.69) is 29.5 Å². The normalized spacial score (nSPS) is 10.7. The second-order valence-corrected chi connectivity index (χ2v) is 7.17. The van der Waals surface area contributed by atoms with Crippen LogP contribution in [0, 0.1) is 6.92 Å². The van der Waals surface area contributed by atoms with Crippen molar-refractivity contribution in [2.45, 2.75) is 33.1 Å². The first kappa shape index (κ1) is 18.8. The quantitative estimate of drug-likeness (QED) is 0.631. The van der Waals surface area contributed by atoms with Crippen LogP contribution >= 0.6 is 11.3 Å². The van der Waals surface area contributed by atoms with E-state index in [0.29, 0.717) is 21.9 Å². The van der Waals surface area contributed by atoms with Crippen molar-refractivity contribution in [1.82, 2.24) is 5.16 Å². The zero-order valence-corrected chi connectivity index (χ0v) is 16.1. The van der Waals surface area contributed by atoms with Crippen molar-refractivity contribution < 1.29 is 14.1 Å². The molecule has 0 aliphatic rings. The van der Waals surface area contributed by atoms with E-state index in [0.717, 1.165) is 24.8 Å². The Morgan fingerprint density at radius 2 is 2.00 bits per heavy atom. The molecule has 3 aromatic rings. The summed E-state index contributed by atoms with van der Waals surface area (Å²) >= 11 is 1.26. The number of nitrogens with two attached hydrogens (primary N) is 1. The minimum absolute atomic E-state index is 0.151. The van der Waals surface area contributed by atoms with Gasteiger partial charge in [0.25, 0.3) is 11.8 Å². The summed E-state index contributed by atoms with van der Waals surface area (Å²) in [5, 5.41) is 8.62. The van der Waals surface area contributed by atoms with Crippen LogP contribution in [0.2, 0.25) is 0 Å². The van der Waals surface area contributed by atoms with Gasteiger partial charge in [-0.1, -0.05) is 42.8 Å². The second-order valence-electron chi connectivity index (χ2n) is 6.30. The lowest BCUT2D eigenvalue weighted by molar-refractivity contribution is 0.100. The summed E-state index contributed by atoms with van der Waals surface area (Å²) in [4.78, 5) is 24.4. The number of unbranched alkanes of at least 4 members (excludes halogenated alkanes) is 1. The standard InChI is InChI=1S/C20H21N3O3S/c1-3-4-5-13-6-8-14(9-7-13)15-11-27-20(17(15)18(21)24)22-19(25)16-10-12(2)26-23-16/h6-11H,3-5H2,1-2H3,(H2,21,24)(H,22,25). The number of thiophene rings is 1. The van der Waals surface area contributed by atoms with Crippen LogP contribution in [0.25, 0.3) is 11.1 Å². The number of rotatable bonds is 7. The molecule has 0 saturated carbocycles. The molecule has 0 radical (unpaired) electrons. The lowest BCUT2D eigenvalue weighted by Crippen LogP contribution is -2.17. The Morgan fingerprint density at radius 1 is 1.26 bits per heavy atom. The predicted octanol–water partition coefficient (Wildman–Crippen LogP) is 4.41. The van der Waals surface area contributed by atoms with E-state index < -0.39 is 11.8 Å². The average Bonchev–Trinajstić information content (AvgIpc) is 3.27. The molecule has 7 heteroatoms. The molecule has 6 nitrogen and oxygen atoms in total. The fraction of sp³-hybridized carbons (Fsp3) is 0.250. The topological polar surface area (TPSA) is 98.2 Å². The Hall–Kier alpha value is -2.93. The zero-order chi connectivity index (χ0) is 19.4. The monoisotopic (exact) mass is 383 g/mol. The molecule has 0 aliphatic carbocycles. The van der Waals surface area contributed by atoms with Crippen LogP contribution in [0.1, 0.15) is 51.9 Å². The number of nitrogens with one attached hydrogen (secondary N) is 1. The molecule has 0 atom stereocenters. The molecule has 0 fully saturated rings. The number of carbonyl (C=O) groups is 2. The van der Waals surface area contributed by atoms with E-state index in [1.54, 1.807) is 6.92 Å². The molecule has 0 unspecified atom stereocenters. The molecule has 2 amide bonds. The molecule has 0 saturated heterocycles. The molecule has 0 bridgehead atoms. The Labute approximate surface area is 161 Å².